The molecular weight excluding hydrogens is 222 g/mol. The standard InChI is InChI=1S/C11H13N3OS/c1-2-5-12-6-10(15)14-11-13-9(7-16-11)8-3-4-8/h1,7-8,12H,3-6H2,(H,13,14,15). The molecular formula is C11H13N3OS. The van der Waals surface area contributed by atoms with Gasteiger partial charge in [-0.1, -0.05) is 5.92 Å². The first-order valence-electron chi connectivity index (χ1n) is 5.19. The molecule has 1 aliphatic rings. The number of nitrogens with zero attached hydrogens (tertiary/aromatic N) is 1. The number of aromatic nitrogens is 1. The molecule has 1 fully saturated rings. The third kappa shape index (κ3) is 3.05. The average Bonchev–Trinajstić information content (AvgIpc) is 3.01. The Labute approximate surface area is 98.5 Å². The maximum absolute atomic E-state index is 11.4. The Bertz CT molecular complexity index is 417. The van der Waals surface area contributed by atoms with E-state index in [0.29, 0.717) is 17.6 Å². The van der Waals surface area contributed by atoms with Crippen LogP contribution in [0.4, 0.5) is 5.13 Å². The molecule has 0 bridgehead atoms. The molecule has 1 aromatic rings. The molecule has 2 N–H and O–H groups in total. The smallest absolute Gasteiger partial charge is 0.240 e. The number of rotatable bonds is 5. The molecule has 0 radical (unpaired) electrons. The van der Waals surface area contributed by atoms with Gasteiger partial charge in [0.15, 0.2) is 5.13 Å². The normalized spacial score (nSPS) is 14.4. The van der Waals surface area contributed by atoms with Crippen LogP contribution in [0.15, 0.2) is 5.38 Å². The van der Waals surface area contributed by atoms with E-state index in [2.05, 4.69) is 21.5 Å². The minimum absolute atomic E-state index is 0.105. The van der Waals surface area contributed by atoms with E-state index in [1.807, 2.05) is 5.38 Å². The number of nitrogens with one attached hydrogen (secondary N) is 2. The second-order valence-electron chi connectivity index (χ2n) is 3.71. The Kier molecular flexibility index (Phi) is 3.54. The zero-order valence-corrected chi connectivity index (χ0v) is 9.64. The molecule has 0 saturated heterocycles. The fraction of sp³-hybridized carbons (Fsp3) is 0.455. The van der Waals surface area contributed by atoms with Crippen LogP contribution in [0.25, 0.3) is 0 Å². The van der Waals surface area contributed by atoms with Crippen LogP contribution >= 0.6 is 11.3 Å². The van der Waals surface area contributed by atoms with Gasteiger partial charge in [0.2, 0.25) is 5.91 Å². The lowest BCUT2D eigenvalue weighted by Gasteiger charge is -2.00. The highest BCUT2D eigenvalue weighted by Crippen LogP contribution is 2.40. The van der Waals surface area contributed by atoms with Gasteiger partial charge >= 0.3 is 0 Å². The van der Waals surface area contributed by atoms with Crippen molar-refractivity contribution in [3.05, 3.63) is 11.1 Å². The Morgan fingerprint density at radius 1 is 1.69 bits per heavy atom. The second-order valence-corrected chi connectivity index (χ2v) is 4.57. The van der Waals surface area contributed by atoms with E-state index < -0.39 is 0 Å². The van der Waals surface area contributed by atoms with Crippen LogP contribution in [0.2, 0.25) is 0 Å². The fourth-order valence-corrected chi connectivity index (χ4v) is 2.13. The van der Waals surface area contributed by atoms with Crippen molar-refractivity contribution in [2.24, 2.45) is 0 Å². The first-order chi connectivity index (χ1) is 7.79. The summed E-state index contributed by atoms with van der Waals surface area (Å²) in [6.45, 7) is 0.626. The topological polar surface area (TPSA) is 54.0 Å². The molecule has 2 rings (SSSR count). The average molecular weight is 235 g/mol. The summed E-state index contributed by atoms with van der Waals surface area (Å²) in [6.07, 6.45) is 7.50. The number of hydrogen-bond acceptors (Lipinski definition) is 4. The van der Waals surface area contributed by atoms with Gasteiger partial charge in [-0.15, -0.1) is 17.8 Å². The third-order valence-corrected chi connectivity index (χ3v) is 3.05. The molecule has 4 nitrogen and oxygen atoms in total. The van der Waals surface area contributed by atoms with Crippen molar-refractivity contribution in [2.45, 2.75) is 18.8 Å². The van der Waals surface area contributed by atoms with Gasteiger partial charge in [-0.25, -0.2) is 4.98 Å². The Hall–Kier alpha value is -1.38. The van der Waals surface area contributed by atoms with E-state index in [-0.39, 0.29) is 12.5 Å². The summed E-state index contributed by atoms with van der Waals surface area (Å²) in [6, 6.07) is 0. The Morgan fingerprint density at radius 3 is 3.19 bits per heavy atom. The van der Waals surface area contributed by atoms with E-state index in [9.17, 15) is 4.79 Å². The fourth-order valence-electron chi connectivity index (χ4n) is 1.32. The van der Waals surface area contributed by atoms with Crippen molar-refractivity contribution in [3.63, 3.8) is 0 Å². The molecule has 1 saturated carbocycles. The first kappa shape index (κ1) is 11.1. The molecule has 0 aliphatic heterocycles. The van der Waals surface area contributed by atoms with Crippen molar-refractivity contribution >= 4 is 22.4 Å². The maximum Gasteiger partial charge on any atom is 0.240 e. The number of thiazole rings is 1. The molecule has 84 valence electrons. The molecule has 5 heteroatoms. The highest BCUT2D eigenvalue weighted by atomic mass is 32.1. The van der Waals surface area contributed by atoms with Crippen LogP contribution in [0, 0.1) is 12.3 Å². The van der Waals surface area contributed by atoms with Gasteiger partial charge in [0, 0.05) is 11.3 Å². The Morgan fingerprint density at radius 2 is 2.50 bits per heavy atom. The largest absolute Gasteiger partial charge is 0.301 e. The third-order valence-electron chi connectivity index (χ3n) is 2.28. The van der Waals surface area contributed by atoms with Crippen LogP contribution in [0.3, 0.4) is 0 Å². The minimum Gasteiger partial charge on any atom is -0.301 e. The molecule has 1 aliphatic carbocycles. The summed E-state index contributed by atoms with van der Waals surface area (Å²) in [5.41, 5.74) is 1.11. The van der Waals surface area contributed by atoms with Gasteiger partial charge in [0.1, 0.15) is 0 Å². The number of terminal acetylenes is 1. The van der Waals surface area contributed by atoms with Crippen molar-refractivity contribution in [1.82, 2.24) is 10.3 Å². The van der Waals surface area contributed by atoms with E-state index in [1.54, 1.807) is 0 Å². The van der Waals surface area contributed by atoms with E-state index in [4.69, 9.17) is 6.42 Å². The molecule has 1 aromatic heterocycles. The lowest BCUT2D eigenvalue weighted by molar-refractivity contribution is -0.115. The second kappa shape index (κ2) is 5.10. The molecule has 0 spiro atoms. The summed E-state index contributed by atoms with van der Waals surface area (Å²) in [7, 11) is 0. The van der Waals surface area contributed by atoms with Crippen molar-refractivity contribution in [3.8, 4) is 12.3 Å². The van der Waals surface area contributed by atoms with E-state index in [0.717, 1.165) is 5.69 Å². The van der Waals surface area contributed by atoms with Gasteiger partial charge < -0.3 is 5.32 Å². The van der Waals surface area contributed by atoms with Crippen LogP contribution in [0.5, 0.6) is 0 Å². The maximum atomic E-state index is 11.4. The Balaban J connectivity index is 1.79. The van der Waals surface area contributed by atoms with Gasteiger partial charge in [0.25, 0.3) is 0 Å². The van der Waals surface area contributed by atoms with Gasteiger partial charge in [-0.2, -0.15) is 0 Å². The van der Waals surface area contributed by atoms with Crippen LogP contribution in [-0.2, 0) is 4.79 Å². The summed E-state index contributed by atoms with van der Waals surface area (Å²) < 4.78 is 0. The zero-order chi connectivity index (χ0) is 11.4. The van der Waals surface area contributed by atoms with Crippen molar-refractivity contribution in [2.75, 3.05) is 18.4 Å². The zero-order valence-electron chi connectivity index (χ0n) is 8.82. The molecule has 0 atom stereocenters. The lowest BCUT2D eigenvalue weighted by Crippen LogP contribution is -2.28. The molecule has 1 heterocycles. The minimum atomic E-state index is -0.105. The molecule has 0 aromatic carbocycles. The quantitative estimate of drug-likeness (QED) is 0.595. The monoisotopic (exact) mass is 235 g/mol. The van der Waals surface area contributed by atoms with Gasteiger partial charge in [-0.05, 0) is 12.8 Å². The van der Waals surface area contributed by atoms with Crippen LogP contribution in [0.1, 0.15) is 24.5 Å². The highest BCUT2D eigenvalue weighted by Gasteiger charge is 2.26. The summed E-state index contributed by atoms with van der Waals surface area (Å²) in [4.78, 5) is 15.8. The number of carbonyl (C=O) groups excluding carboxylic acids is 1. The predicted molar refractivity (Wildman–Crippen MR) is 64.4 cm³/mol. The number of carbonyl (C=O) groups is 1. The summed E-state index contributed by atoms with van der Waals surface area (Å²) in [5, 5.41) is 8.26. The number of hydrogen-bond donors (Lipinski definition) is 2. The van der Waals surface area contributed by atoms with Crippen LogP contribution in [-0.4, -0.2) is 24.0 Å². The molecule has 16 heavy (non-hydrogen) atoms. The molecule has 1 amide bonds. The highest BCUT2D eigenvalue weighted by molar-refractivity contribution is 7.13. The first-order valence-corrected chi connectivity index (χ1v) is 6.07. The van der Waals surface area contributed by atoms with Crippen molar-refractivity contribution < 1.29 is 4.79 Å². The number of anilines is 1. The summed E-state index contributed by atoms with van der Waals surface area (Å²) in [5.74, 6) is 2.93. The van der Waals surface area contributed by atoms with E-state index >= 15 is 0 Å². The van der Waals surface area contributed by atoms with E-state index in [1.165, 1.54) is 24.2 Å². The lowest BCUT2D eigenvalue weighted by atomic mass is 10.3. The molecule has 0 unspecified atom stereocenters. The number of amides is 1. The SMILES string of the molecule is C#CCNCC(=O)Nc1nc(C2CC2)cs1. The van der Waals surface area contributed by atoms with Gasteiger partial charge in [0.05, 0.1) is 18.8 Å². The predicted octanol–water partition coefficient (Wildman–Crippen LogP) is 1.18. The van der Waals surface area contributed by atoms with Crippen molar-refractivity contribution in [1.29, 1.82) is 0 Å². The summed E-state index contributed by atoms with van der Waals surface area (Å²) >= 11 is 1.47. The van der Waals surface area contributed by atoms with Crippen LogP contribution < -0.4 is 10.6 Å². The van der Waals surface area contributed by atoms with Gasteiger partial charge in [-0.3, -0.25) is 10.1 Å².